The van der Waals surface area contributed by atoms with Crippen molar-refractivity contribution in [3.8, 4) is 0 Å². The highest BCUT2D eigenvalue weighted by atomic mass is 32.2. The fourth-order valence-corrected chi connectivity index (χ4v) is 3.53. The summed E-state index contributed by atoms with van der Waals surface area (Å²) in [6.07, 6.45) is 2.14. The highest BCUT2D eigenvalue weighted by Gasteiger charge is 2.37. The zero-order chi connectivity index (χ0) is 17.3. The SMILES string of the molecule is CCS(=O)(=O)NC[C@@H]1C[C@H](F)CN1C(=O)c1cnn2ccccc12. The summed E-state index contributed by atoms with van der Waals surface area (Å²) in [4.78, 5) is 14.2. The van der Waals surface area contributed by atoms with Crippen molar-refractivity contribution in [2.45, 2.75) is 25.6 Å². The van der Waals surface area contributed by atoms with Crippen LogP contribution in [0.4, 0.5) is 4.39 Å². The molecule has 130 valence electrons. The minimum Gasteiger partial charge on any atom is -0.331 e. The molecule has 3 heterocycles. The Balaban J connectivity index is 1.82. The molecule has 2 atom stereocenters. The third-order valence-electron chi connectivity index (χ3n) is 4.20. The Morgan fingerprint density at radius 1 is 1.46 bits per heavy atom. The first kappa shape index (κ1) is 16.8. The van der Waals surface area contributed by atoms with E-state index in [0.717, 1.165) is 0 Å². The van der Waals surface area contributed by atoms with Crippen LogP contribution in [-0.4, -0.2) is 59.9 Å². The molecule has 1 aliphatic rings. The smallest absolute Gasteiger partial charge is 0.258 e. The number of halogens is 1. The van der Waals surface area contributed by atoms with E-state index in [4.69, 9.17) is 0 Å². The number of nitrogens with one attached hydrogen (secondary N) is 1. The first-order chi connectivity index (χ1) is 11.4. The van der Waals surface area contributed by atoms with Gasteiger partial charge < -0.3 is 4.90 Å². The maximum atomic E-state index is 13.8. The number of hydrogen-bond acceptors (Lipinski definition) is 4. The molecule has 9 heteroatoms. The Bertz CT molecular complexity index is 851. The van der Waals surface area contributed by atoms with E-state index in [1.165, 1.54) is 18.0 Å². The van der Waals surface area contributed by atoms with Crippen molar-refractivity contribution in [1.29, 1.82) is 0 Å². The lowest BCUT2D eigenvalue weighted by molar-refractivity contribution is 0.0733. The Morgan fingerprint density at radius 2 is 2.25 bits per heavy atom. The Labute approximate surface area is 139 Å². The quantitative estimate of drug-likeness (QED) is 0.862. The lowest BCUT2D eigenvalue weighted by Crippen LogP contribution is -2.43. The molecule has 0 saturated carbocycles. The van der Waals surface area contributed by atoms with Gasteiger partial charge in [0.1, 0.15) is 6.17 Å². The molecule has 0 radical (unpaired) electrons. The Morgan fingerprint density at radius 3 is 3.00 bits per heavy atom. The largest absolute Gasteiger partial charge is 0.331 e. The van der Waals surface area contributed by atoms with Gasteiger partial charge in [-0.15, -0.1) is 0 Å². The number of fused-ring (bicyclic) bond motifs is 1. The van der Waals surface area contributed by atoms with Gasteiger partial charge in [-0.05, 0) is 19.1 Å². The first-order valence-electron chi connectivity index (χ1n) is 7.76. The molecule has 24 heavy (non-hydrogen) atoms. The molecule has 0 spiro atoms. The van der Waals surface area contributed by atoms with Crippen LogP contribution in [0, 0.1) is 0 Å². The van der Waals surface area contributed by atoms with Crippen LogP contribution in [0.2, 0.25) is 0 Å². The zero-order valence-corrected chi connectivity index (χ0v) is 14.0. The molecule has 1 aliphatic heterocycles. The summed E-state index contributed by atoms with van der Waals surface area (Å²) >= 11 is 0. The number of pyridine rings is 1. The monoisotopic (exact) mass is 354 g/mol. The highest BCUT2D eigenvalue weighted by molar-refractivity contribution is 7.89. The topological polar surface area (TPSA) is 83.8 Å². The van der Waals surface area contributed by atoms with Crippen LogP contribution in [0.15, 0.2) is 30.6 Å². The number of alkyl halides is 1. The summed E-state index contributed by atoms with van der Waals surface area (Å²) in [6, 6.07) is 4.84. The van der Waals surface area contributed by atoms with E-state index in [1.54, 1.807) is 28.9 Å². The van der Waals surface area contributed by atoms with Gasteiger partial charge in [-0.1, -0.05) is 6.07 Å². The molecule has 1 amide bonds. The Kier molecular flexibility index (Phi) is 4.55. The predicted octanol–water partition coefficient (Wildman–Crippen LogP) is 0.826. The number of likely N-dealkylation sites (tertiary alicyclic amines) is 1. The second-order valence-electron chi connectivity index (χ2n) is 5.78. The van der Waals surface area contributed by atoms with Crippen molar-refractivity contribution in [3.05, 3.63) is 36.2 Å². The van der Waals surface area contributed by atoms with E-state index in [0.29, 0.717) is 11.1 Å². The molecule has 2 aromatic heterocycles. The standard InChI is InChI=1S/C15H19FN4O3S/c1-2-24(22,23)18-8-12-7-11(16)10-19(12)15(21)13-9-17-20-6-4-3-5-14(13)20/h3-6,9,11-12,18H,2,7-8,10H2,1H3/t11-,12-/m0/s1. The zero-order valence-electron chi connectivity index (χ0n) is 13.2. The van der Waals surface area contributed by atoms with E-state index in [9.17, 15) is 17.6 Å². The minimum absolute atomic E-state index is 0.0154. The van der Waals surface area contributed by atoms with E-state index in [2.05, 4.69) is 9.82 Å². The van der Waals surface area contributed by atoms with Gasteiger partial charge in [0.2, 0.25) is 10.0 Å². The van der Waals surface area contributed by atoms with Crippen LogP contribution < -0.4 is 4.72 Å². The van der Waals surface area contributed by atoms with Gasteiger partial charge in [-0.25, -0.2) is 22.0 Å². The summed E-state index contributed by atoms with van der Waals surface area (Å²) in [7, 11) is -3.39. The molecule has 2 aromatic rings. The minimum atomic E-state index is -3.39. The predicted molar refractivity (Wildman–Crippen MR) is 87.0 cm³/mol. The number of sulfonamides is 1. The van der Waals surface area contributed by atoms with Gasteiger partial charge >= 0.3 is 0 Å². The molecule has 1 fully saturated rings. The summed E-state index contributed by atoms with van der Waals surface area (Å²) in [5.41, 5.74) is 1.02. The number of rotatable bonds is 5. The number of nitrogens with zero attached hydrogens (tertiary/aromatic N) is 3. The van der Waals surface area contributed by atoms with Gasteiger partial charge in [0.25, 0.3) is 5.91 Å². The molecule has 1 N–H and O–H groups in total. The highest BCUT2D eigenvalue weighted by Crippen LogP contribution is 2.24. The third-order valence-corrected chi connectivity index (χ3v) is 5.57. The molecule has 1 saturated heterocycles. The van der Waals surface area contributed by atoms with E-state index < -0.39 is 22.2 Å². The summed E-state index contributed by atoms with van der Waals surface area (Å²) in [5.74, 6) is -0.391. The number of hydrogen-bond donors (Lipinski definition) is 1. The van der Waals surface area contributed by atoms with Crippen molar-refractivity contribution in [2.75, 3.05) is 18.8 Å². The van der Waals surface area contributed by atoms with Crippen LogP contribution in [0.5, 0.6) is 0 Å². The van der Waals surface area contributed by atoms with Crippen molar-refractivity contribution in [1.82, 2.24) is 19.2 Å². The van der Waals surface area contributed by atoms with Crippen LogP contribution in [-0.2, 0) is 10.0 Å². The van der Waals surface area contributed by atoms with Gasteiger partial charge in [0, 0.05) is 25.2 Å². The van der Waals surface area contributed by atoms with Crippen molar-refractivity contribution in [2.24, 2.45) is 0 Å². The van der Waals surface area contributed by atoms with Crippen molar-refractivity contribution in [3.63, 3.8) is 0 Å². The second-order valence-corrected chi connectivity index (χ2v) is 7.88. The first-order valence-corrected chi connectivity index (χ1v) is 9.41. The van der Waals surface area contributed by atoms with Crippen LogP contribution >= 0.6 is 0 Å². The number of carbonyl (C=O) groups excluding carboxylic acids is 1. The summed E-state index contributed by atoms with van der Waals surface area (Å²) < 4.78 is 41.0. The summed E-state index contributed by atoms with van der Waals surface area (Å²) in [6.45, 7) is 1.50. The Hall–Kier alpha value is -2.00. The van der Waals surface area contributed by atoms with Gasteiger partial charge in [0.05, 0.1) is 29.6 Å². The molecule has 0 bridgehead atoms. The molecule has 7 nitrogen and oxygen atoms in total. The lowest BCUT2D eigenvalue weighted by Gasteiger charge is -2.24. The van der Waals surface area contributed by atoms with Gasteiger partial charge in [0.15, 0.2) is 0 Å². The van der Waals surface area contributed by atoms with E-state index >= 15 is 0 Å². The van der Waals surface area contributed by atoms with Crippen molar-refractivity contribution >= 4 is 21.4 Å². The molecular formula is C15H19FN4O3S. The average molecular weight is 354 g/mol. The molecule has 3 rings (SSSR count). The normalized spacial score (nSPS) is 21.5. The molecular weight excluding hydrogens is 335 g/mol. The van der Waals surface area contributed by atoms with Crippen LogP contribution in [0.1, 0.15) is 23.7 Å². The van der Waals surface area contributed by atoms with Gasteiger partial charge in [-0.3, -0.25) is 4.79 Å². The molecule has 0 aromatic carbocycles. The number of amides is 1. The number of carbonyl (C=O) groups is 1. The van der Waals surface area contributed by atoms with Crippen LogP contribution in [0.25, 0.3) is 5.52 Å². The van der Waals surface area contributed by atoms with Crippen LogP contribution in [0.3, 0.4) is 0 Å². The van der Waals surface area contributed by atoms with Gasteiger partial charge in [-0.2, -0.15) is 5.10 Å². The summed E-state index contributed by atoms with van der Waals surface area (Å²) in [5, 5.41) is 4.12. The lowest BCUT2D eigenvalue weighted by atomic mass is 10.2. The number of aromatic nitrogens is 2. The molecule has 0 aliphatic carbocycles. The maximum absolute atomic E-state index is 13.8. The molecule has 0 unspecified atom stereocenters. The second kappa shape index (κ2) is 6.48. The fraction of sp³-hybridized carbons (Fsp3) is 0.467. The van der Waals surface area contributed by atoms with Crippen molar-refractivity contribution < 1.29 is 17.6 Å². The third kappa shape index (κ3) is 3.27. The fourth-order valence-electron chi connectivity index (χ4n) is 2.88. The average Bonchev–Trinajstić information content (AvgIpc) is 3.16. The van der Waals surface area contributed by atoms with E-state index in [1.807, 2.05) is 0 Å². The maximum Gasteiger partial charge on any atom is 0.258 e. The van der Waals surface area contributed by atoms with E-state index in [-0.39, 0.29) is 31.2 Å².